The molecule has 5 N–H and O–H groups in total. The number of guanidine groups is 1. The van der Waals surface area contributed by atoms with Crippen molar-refractivity contribution in [2.45, 2.75) is 45.1 Å². The van der Waals surface area contributed by atoms with E-state index < -0.39 is 41.0 Å². The normalized spacial score (nSPS) is 12.5. The Morgan fingerprint density at radius 3 is 2.11 bits per heavy atom. The van der Waals surface area contributed by atoms with Crippen molar-refractivity contribution in [3.8, 4) is 0 Å². The Labute approximate surface area is 213 Å². The summed E-state index contributed by atoms with van der Waals surface area (Å²) in [5.41, 5.74) is 6.93. The fourth-order valence-electron chi connectivity index (χ4n) is 3.05. The second-order valence-corrected chi connectivity index (χ2v) is 7.87. The van der Waals surface area contributed by atoms with Gasteiger partial charge < -0.3 is 31.2 Å². The molecule has 2 atom stereocenters. The number of nitro groups is 1. The number of nitrogens with two attached hydrogens (primary N) is 1. The quantitative estimate of drug-likeness (QED) is 0.0765. The van der Waals surface area contributed by atoms with Crippen LogP contribution in [0.2, 0.25) is 0 Å². The molecule has 0 aromatic heterocycles. The lowest BCUT2D eigenvalue weighted by atomic mass is 10.1. The third kappa shape index (κ3) is 11.5. The van der Waals surface area contributed by atoms with E-state index in [0.29, 0.717) is 0 Å². The molecule has 13 heteroatoms. The third-order valence-corrected chi connectivity index (χ3v) is 4.92. The molecule has 37 heavy (non-hydrogen) atoms. The summed E-state index contributed by atoms with van der Waals surface area (Å²) in [6.45, 7) is 1.65. The molecule has 0 saturated carbocycles. The number of hydrogen-bond donors (Lipinski definition) is 4. The van der Waals surface area contributed by atoms with E-state index in [4.69, 9.17) is 15.2 Å². The van der Waals surface area contributed by atoms with Crippen molar-refractivity contribution < 1.29 is 28.9 Å². The van der Waals surface area contributed by atoms with Crippen LogP contribution in [0, 0.1) is 10.1 Å². The predicted molar refractivity (Wildman–Crippen MR) is 133 cm³/mol. The predicted octanol–water partition coefficient (Wildman–Crippen LogP) is 1.41. The molecular formula is C24H30N6O7. The summed E-state index contributed by atoms with van der Waals surface area (Å²) in [4.78, 5) is 47.9. The van der Waals surface area contributed by atoms with Crippen molar-refractivity contribution in [1.29, 1.82) is 0 Å². The first-order chi connectivity index (χ1) is 17.7. The number of esters is 1. The SMILES string of the molecule is C[C@H](NC(=O)[C@@H](CCCN/C(N)=N\[N+](=O)[O-])NC(=O)OCc1ccccc1)C(=O)OCc1ccccc1. The van der Waals surface area contributed by atoms with Crippen LogP contribution in [0.25, 0.3) is 0 Å². The van der Waals surface area contributed by atoms with Crippen molar-refractivity contribution >= 4 is 23.9 Å². The van der Waals surface area contributed by atoms with Crippen molar-refractivity contribution in [1.82, 2.24) is 16.0 Å². The first-order valence-electron chi connectivity index (χ1n) is 11.4. The Bertz CT molecular complexity index is 1070. The molecule has 2 aromatic rings. The van der Waals surface area contributed by atoms with E-state index in [1.54, 1.807) is 36.4 Å². The van der Waals surface area contributed by atoms with Crippen molar-refractivity contribution in [2.24, 2.45) is 10.8 Å². The lowest BCUT2D eigenvalue weighted by molar-refractivity contribution is -0.485. The van der Waals surface area contributed by atoms with Crippen LogP contribution in [0.5, 0.6) is 0 Å². The minimum atomic E-state index is -1.07. The van der Waals surface area contributed by atoms with Crippen LogP contribution in [0.15, 0.2) is 65.8 Å². The summed E-state index contributed by atoms with van der Waals surface area (Å²) in [6.07, 6.45) is -0.445. The largest absolute Gasteiger partial charge is 0.459 e. The molecule has 0 fully saturated rings. The second-order valence-electron chi connectivity index (χ2n) is 7.87. The first-order valence-corrected chi connectivity index (χ1v) is 11.4. The summed E-state index contributed by atoms with van der Waals surface area (Å²) in [7, 11) is 0. The van der Waals surface area contributed by atoms with E-state index in [-0.39, 0.29) is 32.6 Å². The fraction of sp³-hybridized carbons (Fsp3) is 0.333. The number of benzene rings is 2. The number of amides is 2. The molecule has 0 unspecified atom stereocenters. The van der Waals surface area contributed by atoms with Gasteiger partial charge in [-0.3, -0.25) is 4.79 Å². The first kappa shape index (κ1) is 28.6. The van der Waals surface area contributed by atoms with Gasteiger partial charge in [0.25, 0.3) is 5.96 Å². The monoisotopic (exact) mass is 514 g/mol. The number of carbonyl (C=O) groups is 3. The van der Waals surface area contributed by atoms with Gasteiger partial charge in [0.2, 0.25) is 5.91 Å². The maximum Gasteiger partial charge on any atom is 0.408 e. The van der Waals surface area contributed by atoms with Crippen LogP contribution in [-0.2, 0) is 32.3 Å². The van der Waals surface area contributed by atoms with E-state index >= 15 is 0 Å². The Kier molecular flexibility index (Phi) is 11.8. The van der Waals surface area contributed by atoms with Gasteiger partial charge in [-0.25, -0.2) is 19.7 Å². The number of rotatable bonds is 13. The zero-order valence-corrected chi connectivity index (χ0v) is 20.3. The molecular weight excluding hydrogens is 484 g/mol. The number of hydrazone groups is 1. The average Bonchev–Trinajstić information content (AvgIpc) is 2.88. The molecule has 2 aromatic carbocycles. The molecule has 0 aliphatic carbocycles. The highest BCUT2D eigenvalue weighted by atomic mass is 16.7. The summed E-state index contributed by atoms with van der Waals surface area (Å²) >= 11 is 0. The van der Waals surface area contributed by atoms with E-state index in [9.17, 15) is 24.5 Å². The molecule has 198 valence electrons. The highest BCUT2D eigenvalue weighted by Crippen LogP contribution is 2.05. The number of nitrogens with zero attached hydrogens (tertiary/aromatic N) is 2. The number of carbonyl (C=O) groups excluding carboxylic acids is 3. The van der Waals surface area contributed by atoms with Gasteiger partial charge in [-0.2, -0.15) is 0 Å². The maximum atomic E-state index is 12.9. The molecule has 0 radical (unpaired) electrons. The number of nitrogens with one attached hydrogen (secondary N) is 3. The molecule has 0 aliphatic heterocycles. The van der Waals surface area contributed by atoms with E-state index in [1.807, 2.05) is 24.3 Å². The molecule has 0 spiro atoms. The zero-order chi connectivity index (χ0) is 27.0. The number of alkyl carbamates (subject to hydrolysis) is 1. The molecule has 13 nitrogen and oxygen atoms in total. The van der Waals surface area contributed by atoms with Gasteiger partial charge in [0, 0.05) is 6.54 Å². The minimum Gasteiger partial charge on any atom is -0.459 e. The highest BCUT2D eigenvalue weighted by Gasteiger charge is 2.25. The Balaban J connectivity index is 1.92. The van der Waals surface area contributed by atoms with E-state index in [1.165, 1.54) is 6.92 Å². The van der Waals surface area contributed by atoms with Crippen molar-refractivity contribution in [3.05, 3.63) is 81.9 Å². The molecule has 0 bridgehead atoms. The van der Waals surface area contributed by atoms with Crippen LogP contribution in [0.3, 0.4) is 0 Å². The highest BCUT2D eigenvalue weighted by molar-refractivity contribution is 5.89. The van der Waals surface area contributed by atoms with Crippen LogP contribution in [0.1, 0.15) is 30.9 Å². The summed E-state index contributed by atoms with van der Waals surface area (Å²) in [5, 5.41) is 19.9. The molecule has 0 saturated heterocycles. The summed E-state index contributed by atoms with van der Waals surface area (Å²) < 4.78 is 10.4. The van der Waals surface area contributed by atoms with Gasteiger partial charge in [-0.1, -0.05) is 60.7 Å². The number of hydrogen-bond acceptors (Lipinski definition) is 7. The molecule has 2 amide bonds. The van der Waals surface area contributed by atoms with Crippen molar-refractivity contribution in [3.63, 3.8) is 0 Å². The van der Waals surface area contributed by atoms with Gasteiger partial charge in [0.05, 0.1) is 0 Å². The van der Waals surface area contributed by atoms with Gasteiger partial charge in [-0.05, 0) is 30.9 Å². The lowest BCUT2D eigenvalue weighted by Gasteiger charge is -2.21. The van der Waals surface area contributed by atoms with E-state index in [0.717, 1.165) is 11.1 Å². The fourth-order valence-corrected chi connectivity index (χ4v) is 3.05. The summed E-state index contributed by atoms with van der Waals surface area (Å²) in [6, 6.07) is 16.0. The van der Waals surface area contributed by atoms with Crippen LogP contribution < -0.4 is 21.7 Å². The van der Waals surface area contributed by atoms with Gasteiger partial charge in [0.1, 0.15) is 30.4 Å². The van der Waals surface area contributed by atoms with Crippen LogP contribution in [-0.4, -0.2) is 47.6 Å². The molecule has 2 rings (SSSR count). The zero-order valence-electron chi connectivity index (χ0n) is 20.3. The average molecular weight is 515 g/mol. The molecule has 0 aliphatic rings. The van der Waals surface area contributed by atoms with Gasteiger partial charge >= 0.3 is 12.1 Å². The smallest absolute Gasteiger partial charge is 0.408 e. The van der Waals surface area contributed by atoms with Gasteiger partial charge in [-0.15, -0.1) is 0 Å². The van der Waals surface area contributed by atoms with E-state index in [2.05, 4.69) is 21.1 Å². The van der Waals surface area contributed by atoms with Crippen LogP contribution >= 0.6 is 0 Å². The van der Waals surface area contributed by atoms with Crippen LogP contribution in [0.4, 0.5) is 4.79 Å². The number of ether oxygens (including phenoxy) is 2. The van der Waals surface area contributed by atoms with Crippen molar-refractivity contribution in [2.75, 3.05) is 6.54 Å². The minimum absolute atomic E-state index is 0.00132. The third-order valence-electron chi connectivity index (χ3n) is 4.92. The summed E-state index contributed by atoms with van der Waals surface area (Å²) in [5.74, 6) is -1.67. The Morgan fingerprint density at radius 1 is 0.973 bits per heavy atom. The standard InChI is InChI=1S/C24H30N6O7/c1-17(22(32)36-15-18-9-4-2-5-10-18)27-21(31)20(13-8-14-26-23(25)29-30(34)35)28-24(33)37-16-19-11-6-3-7-12-19/h2-7,9-12,17,20H,8,13-16H2,1H3,(H,27,31)(H,28,33)(H3,25,26,29)/t17-,20+/m0/s1. The topological polar surface area (TPSA) is 187 Å². The Morgan fingerprint density at radius 2 is 1.54 bits per heavy atom. The second kappa shape index (κ2) is 15.3. The van der Waals surface area contributed by atoms with Gasteiger partial charge in [0.15, 0.2) is 5.03 Å². The Hall–Kier alpha value is -4.68. The lowest BCUT2D eigenvalue weighted by Crippen LogP contribution is -2.51. The molecule has 0 heterocycles. The maximum absolute atomic E-state index is 12.9.